The lowest BCUT2D eigenvalue weighted by molar-refractivity contribution is -0.150. The molecule has 1 rings (SSSR count). The van der Waals surface area contributed by atoms with Crippen LogP contribution in [0.2, 0.25) is 0 Å². The third kappa shape index (κ3) is 1.84. The van der Waals surface area contributed by atoms with Crippen molar-refractivity contribution in [2.45, 2.75) is 13.3 Å². The Labute approximate surface area is 81.6 Å². The number of carboxylic acid groups (broad SMARTS) is 2. The molecule has 14 heavy (non-hydrogen) atoms. The molecule has 0 heterocycles. The predicted molar refractivity (Wildman–Crippen MR) is 49.8 cm³/mol. The maximum absolute atomic E-state index is 10.9. The summed E-state index contributed by atoms with van der Waals surface area (Å²) in [5, 5.41) is 17.8. The molecule has 0 aromatic heterocycles. The lowest BCUT2D eigenvalue weighted by Crippen LogP contribution is -2.31. The Bertz CT molecular complexity index is 314. The molecule has 76 valence electrons. The standard InChI is InChI=1S/C10H12O4/c1-2-6-4-3-5-7(9(11)12)8(6)10(13)14/h2-3,5,7-8H,4H2,1H3,(H,11,12)(H,13,14)/b6-2+. The second-order valence-corrected chi connectivity index (χ2v) is 3.18. The van der Waals surface area contributed by atoms with E-state index in [0.29, 0.717) is 12.0 Å². The number of hydrogen-bond donors (Lipinski definition) is 2. The monoisotopic (exact) mass is 196 g/mol. The zero-order valence-corrected chi connectivity index (χ0v) is 7.80. The van der Waals surface area contributed by atoms with Crippen molar-refractivity contribution in [2.75, 3.05) is 0 Å². The molecular weight excluding hydrogens is 184 g/mol. The summed E-state index contributed by atoms with van der Waals surface area (Å²) in [6.07, 6.45) is 5.36. The normalized spacial score (nSPS) is 29.1. The van der Waals surface area contributed by atoms with E-state index in [1.807, 2.05) is 0 Å². The van der Waals surface area contributed by atoms with Gasteiger partial charge in [0.25, 0.3) is 0 Å². The molecule has 0 aromatic rings. The van der Waals surface area contributed by atoms with Gasteiger partial charge < -0.3 is 10.2 Å². The van der Waals surface area contributed by atoms with E-state index in [4.69, 9.17) is 10.2 Å². The molecular formula is C10H12O4. The van der Waals surface area contributed by atoms with Crippen molar-refractivity contribution in [2.24, 2.45) is 11.8 Å². The fourth-order valence-electron chi connectivity index (χ4n) is 1.65. The van der Waals surface area contributed by atoms with E-state index in [0.717, 1.165) is 0 Å². The largest absolute Gasteiger partial charge is 0.481 e. The van der Waals surface area contributed by atoms with Crippen LogP contribution < -0.4 is 0 Å². The van der Waals surface area contributed by atoms with Crippen molar-refractivity contribution in [1.29, 1.82) is 0 Å². The van der Waals surface area contributed by atoms with Gasteiger partial charge in [-0.3, -0.25) is 9.59 Å². The van der Waals surface area contributed by atoms with Crippen molar-refractivity contribution >= 4 is 11.9 Å². The van der Waals surface area contributed by atoms with E-state index in [9.17, 15) is 9.59 Å². The van der Waals surface area contributed by atoms with Gasteiger partial charge in [0, 0.05) is 0 Å². The summed E-state index contributed by atoms with van der Waals surface area (Å²) in [6.45, 7) is 1.73. The zero-order chi connectivity index (χ0) is 10.7. The molecule has 0 aromatic carbocycles. The Hall–Kier alpha value is -1.58. The molecule has 0 fully saturated rings. The molecule has 2 unspecified atom stereocenters. The Kier molecular flexibility index (Phi) is 3.06. The summed E-state index contributed by atoms with van der Waals surface area (Å²) in [7, 11) is 0. The number of carbonyl (C=O) groups is 2. The van der Waals surface area contributed by atoms with Gasteiger partial charge in [-0.25, -0.2) is 0 Å². The molecule has 0 spiro atoms. The van der Waals surface area contributed by atoms with Gasteiger partial charge in [0.15, 0.2) is 0 Å². The second kappa shape index (κ2) is 4.09. The van der Waals surface area contributed by atoms with Gasteiger partial charge in [0.2, 0.25) is 0 Å². The minimum atomic E-state index is -1.09. The van der Waals surface area contributed by atoms with Crippen LogP contribution in [-0.2, 0) is 9.59 Å². The summed E-state index contributed by atoms with van der Waals surface area (Å²) in [5.74, 6) is -4.02. The van der Waals surface area contributed by atoms with Crippen LogP contribution in [0.15, 0.2) is 23.8 Å². The van der Waals surface area contributed by atoms with E-state index >= 15 is 0 Å². The van der Waals surface area contributed by atoms with Crippen LogP contribution in [0.4, 0.5) is 0 Å². The van der Waals surface area contributed by atoms with E-state index in [-0.39, 0.29) is 0 Å². The topological polar surface area (TPSA) is 74.6 Å². The minimum absolute atomic E-state index is 0.525. The third-order valence-corrected chi connectivity index (χ3v) is 2.38. The van der Waals surface area contributed by atoms with E-state index in [1.54, 1.807) is 19.1 Å². The first-order chi connectivity index (χ1) is 6.57. The molecule has 4 heteroatoms. The van der Waals surface area contributed by atoms with Gasteiger partial charge in [-0.2, -0.15) is 0 Å². The van der Waals surface area contributed by atoms with Crippen LogP contribution in [0.25, 0.3) is 0 Å². The lowest BCUT2D eigenvalue weighted by atomic mass is 9.80. The van der Waals surface area contributed by atoms with Crippen molar-refractivity contribution in [1.82, 2.24) is 0 Å². The van der Waals surface area contributed by atoms with Crippen molar-refractivity contribution in [3.63, 3.8) is 0 Å². The van der Waals surface area contributed by atoms with Crippen LogP contribution in [0.3, 0.4) is 0 Å². The molecule has 4 nitrogen and oxygen atoms in total. The average molecular weight is 196 g/mol. The van der Waals surface area contributed by atoms with Crippen LogP contribution in [0, 0.1) is 11.8 Å². The Morgan fingerprint density at radius 2 is 2.07 bits per heavy atom. The third-order valence-electron chi connectivity index (χ3n) is 2.38. The van der Waals surface area contributed by atoms with Crippen LogP contribution in [-0.4, -0.2) is 22.2 Å². The molecule has 0 amide bonds. The molecule has 0 aliphatic heterocycles. The van der Waals surface area contributed by atoms with Crippen molar-refractivity contribution < 1.29 is 19.8 Å². The van der Waals surface area contributed by atoms with Crippen LogP contribution in [0.5, 0.6) is 0 Å². The number of allylic oxidation sites excluding steroid dienone is 2. The highest BCUT2D eigenvalue weighted by atomic mass is 16.4. The van der Waals surface area contributed by atoms with Gasteiger partial charge in [-0.15, -0.1) is 0 Å². The number of aliphatic carboxylic acids is 2. The van der Waals surface area contributed by atoms with E-state index in [1.165, 1.54) is 6.08 Å². The molecule has 0 radical (unpaired) electrons. The molecule has 2 atom stereocenters. The highest BCUT2D eigenvalue weighted by molar-refractivity contribution is 5.84. The average Bonchev–Trinajstić information content (AvgIpc) is 2.16. The quantitative estimate of drug-likeness (QED) is 0.652. The molecule has 1 aliphatic rings. The summed E-state index contributed by atoms with van der Waals surface area (Å²) in [5.41, 5.74) is 0.660. The molecule has 2 N–H and O–H groups in total. The molecule has 1 aliphatic carbocycles. The number of carboxylic acids is 2. The summed E-state index contributed by atoms with van der Waals surface area (Å²) < 4.78 is 0. The second-order valence-electron chi connectivity index (χ2n) is 3.18. The van der Waals surface area contributed by atoms with E-state index in [2.05, 4.69) is 0 Å². The predicted octanol–water partition coefficient (Wildman–Crippen LogP) is 1.29. The van der Waals surface area contributed by atoms with Crippen LogP contribution in [0.1, 0.15) is 13.3 Å². The Balaban J connectivity index is 3.06. The molecule has 0 bridgehead atoms. The Morgan fingerprint density at radius 1 is 1.43 bits per heavy atom. The fourth-order valence-corrected chi connectivity index (χ4v) is 1.65. The van der Waals surface area contributed by atoms with Gasteiger partial charge >= 0.3 is 11.9 Å². The van der Waals surface area contributed by atoms with Gasteiger partial charge in [0.05, 0.1) is 11.8 Å². The molecule has 0 saturated carbocycles. The zero-order valence-electron chi connectivity index (χ0n) is 7.80. The van der Waals surface area contributed by atoms with E-state index < -0.39 is 23.8 Å². The molecule has 0 saturated heterocycles. The van der Waals surface area contributed by atoms with Crippen molar-refractivity contribution in [3.8, 4) is 0 Å². The summed E-state index contributed by atoms with van der Waals surface area (Å²) >= 11 is 0. The SMILES string of the molecule is C/C=C1\CC=CC(C(=O)O)C1C(=O)O. The maximum Gasteiger partial charge on any atom is 0.311 e. The number of rotatable bonds is 2. The lowest BCUT2D eigenvalue weighted by Gasteiger charge is -2.23. The number of hydrogen-bond acceptors (Lipinski definition) is 2. The highest BCUT2D eigenvalue weighted by Crippen LogP contribution is 2.30. The highest BCUT2D eigenvalue weighted by Gasteiger charge is 2.35. The van der Waals surface area contributed by atoms with Gasteiger partial charge in [-0.05, 0) is 13.3 Å². The maximum atomic E-state index is 10.9. The Morgan fingerprint density at radius 3 is 2.50 bits per heavy atom. The smallest absolute Gasteiger partial charge is 0.311 e. The summed E-state index contributed by atoms with van der Waals surface area (Å²) in [6, 6.07) is 0. The summed E-state index contributed by atoms with van der Waals surface area (Å²) in [4.78, 5) is 21.7. The fraction of sp³-hybridized carbons (Fsp3) is 0.400. The first kappa shape index (κ1) is 10.5. The van der Waals surface area contributed by atoms with Gasteiger partial charge in [0.1, 0.15) is 0 Å². The first-order valence-electron chi connectivity index (χ1n) is 4.35. The minimum Gasteiger partial charge on any atom is -0.481 e. The first-order valence-corrected chi connectivity index (χ1v) is 4.35. The van der Waals surface area contributed by atoms with Crippen LogP contribution >= 0.6 is 0 Å². The van der Waals surface area contributed by atoms with Crippen molar-refractivity contribution in [3.05, 3.63) is 23.8 Å². The van der Waals surface area contributed by atoms with Gasteiger partial charge in [-0.1, -0.05) is 23.8 Å².